The summed E-state index contributed by atoms with van der Waals surface area (Å²) in [6.07, 6.45) is 4.13. The van der Waals surface area contributed by atoms with Crippen molar-refractivity contribution in [1.29, 1.82) is 0 Å². The van der Waals surface area contributed by atoms with E-state index in [2.05, 4.69) is 67.0 Å². The largest absolute Gasteiger partial charge is 1.00 e. The first-order valence-corrected chi connectivity index (χ1v) is 6.22. The third kappa shape index (κ3) is 3.68. The highest BCUT2D eigenvalue weighted by Gasteiger charge is 2.05. The van der Waals surface area contributed by atoms with Crippen LogP contribution < -0.4 is 21.5 Å². The lowest BCUT2D eigenvalue weighted by Crippen LogP contribution is -3.00. The lowest BCUT2D eigenvalue weighted by atomic mass is 10.2. The van der Waals surface area contributed by atoms with E-state index in [9.17, 15) is 0 Å². The van der Waals surface area contributed by atoms with Crippen molar-refractivity contribution in [3.8, 4) is 0 Å². The van der Waals surface area contributed by atoms with Crippen molar-refractivity contribution in [1.82, 2.24) is 0 Å². The molecule has 1 aromatic carbocycles. The zero-order valence-corrected chi connectivity index (χ0v) is 13.2. The van der Waals surface area contributed by atoms with Crippen LogP contribution in [0.2, 0.25) is 0 Å². The van der Waals surface area contributed by atoms with Gasteiger partial charge in [-0.05, 0) is 12.1 Å². The van der Waals surface area contributed by atoms with Crippen molar-refractivity contribution in [2.75, 3.05) is 0 Å². The molecule has 16 heavy (non-hydrogen) atoms. The van der Waals surface area contributed by atoms with Crippen LogP contribution in [-0.2, 0) is 6.54 Å². The second-order valence-electron chi connectivity index (χ2n) is 3.28. The highest BCUT2D eigenvalue weighted by Crippen LogP contribution is 2.21. The first-order chi connectivity index (χ1) is 7.25. The van der Waals surface area contributed by atoms with Gasteiger partial charge in [0.15, 0.2) is 18.9 Å². The van der Waals surface area contributed by atoms with Crippen molar-refractivity contribution in [2.45, 2.75) is 6.54 Å². The van der Waals surface area contributed by atoms with Crippen LogP contribution in [0.1, 0.15) is 5.56 Å². The summed E-state index contributed by atoms with van der Waals surface area (Å²) >= 11 is 7.01. The fraction of sp³-hybridized carbons (Fsp3) is 0.0833. The van der Waals surface area contributed by atoms with Gasteiger partial charge in [0.25, 0.3) is 0 Å². The molecule has 1 aromatic heterocycles. The van der Waals surface area contributed by atoms with Gasteiger partial charge in [0.05, 0.1) is 0 Å². The third-order valence-electron chi connectivity index (χ3n) is 2.15. The molecule has 0 amide bonds. The molecule has 0 atom stereocenters. The van der Waals surface area contributed by atoms with E-state index in [0.29, 0.717) is 0 Å². The average Bonchev–Trinajstić information content (AvgIpc) is 2.24. The van der Waals surface area contributed by atoms with E-state index in [1.807, 2.05) is 18.2 Å². The van der Waals surface area contributed by atoms with Crippen LogP contribution in [0.5, 0.6) is 0 Å². The summed E-state index contributed by atoms with van der Waals surface area (Å²) in [5, 5.41) is 0. The summed E-state index contributed by atoms with van der Waals surface area (Å²) in [5.74, 6) is 0. The van der Waals surface area contributed by atoms with E-state index in [0.717, 1.165) is 15.5 Å². The van der Waals surface area contributed by atoms with Gasteiger partial charge in [-0.3, -0.25) is 0 Å². The normalized spacial score (nSPS) is 9.62. The molecule has 0 aliphatic heterocycles. The second-order valence-corrected chi connectivity index (χ2v) is 5.05. The summed E-state index contributed by atoms with van der Waals surface area (Å²) < 4.78 is 4.37. The Hall–Kier alpha value is -0.190. The number of hydrogen-bond acceptors (Lipinski definition) is 0. The van der Waals surface area contributed by atoms with E-state index in [1.54, 1.807) is 0 Å². The Morgan fingerprint density at radius 1 is 1.00 bits per heavy atom. The predicted molar refractivity (Wildman–Crippen MR) is 67.6 cm³/mol. The first-order valence-electron chi connectivity index (χ1n) is 4.64. The van der Waals surface area contributed by atoms with Crippen LogP contribution in [0.4, 0.5) is 0 Å². The summed E-state index contributed by atoms with van der Waals surface area (Å²) in [7, 11) is 0. The van der Waals surface area contributed by atoms with Crippen molar-refractivity contribution in [3.05, 3.63) is 63.3 Å². The summed E-state index contributed by atoms with van der Waals surface area (Å²) in [4.78, 5) is 0. The van der Waals surface area contributed by atoms with Gasteiger partial charge in [-0.15, -0.1) is 0 Å². The van der Waals surface area contributed by atoms with Crippen LogP contribution in [0.25, 0.3) is 0 Å². The van der Waals surface area contributed by atoms with Crippen LogP contribution in [0, 0.1) is 0 Å². The lowest BCUT2D eigenvalue weighted by molar-refractivity contribution is -0.688. The summed E-state index contributed by atoms with van der Waals surface area (Å²) in [6, 6.07) is 12.3. The Bertz CT molecular complexity index is 457. The van der Waals surface area contributed by atoms with Gasteiger partial charge in [0.2, 0.25) is 0 Å². The number of benzene rings is 1. The van der Waals surface area contributed by atoms with E-state index in [4.69, 9.17) is 0 Å². The van der Waals surface area contributed by atoms with Gasteiger partial charge in [-0.2, -0.15) is 0 Å². The Labute approximate surface area is 123 Å². The molecule has 0 N–H and O–H groups in total. The molecule has 2 rings (SSSR count). The zero-order valence-electron chi connectivity index (χ0n) is 8.41. The van der Waals surface area contributed by atoms with Crippen molar-refractivity contribution in [2.24, 2.45) is 0 Å². The number of aromatic nitrogens is 1. The number of nitrogens with zero attached hydrogens (tertiary/aromatic N) is 1. The van der Waals surface area contributed by atoms with Gasteiger partial charge >= 0.3 is 0 Å². The maximum absolute atomic E-state index is 3.56. The minimum absolute atomic E-state index is 0. The molecule has 4 heteroatoms. The highest BCUT2D eigenvalue weighted by molar-refractivity contribution is 9.11. The molecule has 0 saturated heterocycles. The topological polar surface area (TPSA) is 3.88 Å². The highest BCUT2D eigenvalue weighted by atomic mass is 79.9. The van der Waals surface area contributed by atoms with Gasteiger partial charge < -0.3 is 17.0 Å². The molecule has 0 unspecified atom stereocenters. The number of hydrogen-bond donors (Lipinski definition) is 0. The van der Waals surface area contributed by atoms with Crippen LogP contribution in [-0.4, -0.2) is 0 Å². The minimum Gasteiger partial charge on any atom is -1.00 e. The number of rotatable bonds is 2. The fourth-order valence-electron chi connectivity index (χ4n) is 1.39. The standard InChI is InChI=1S/C12H10Br2N.BrH/c13-11-5-4-10(12(14)8-11)9-15-6-2-1-3-7-15;/h1-8H,9H2;1H/q+1;/p-1. The van der Waals surface area contributed by atoms with Crippen molar-refractivity contribution in [3.63, 3.8) is 0 Å². The number of pyridine rings is 1. The van der Waals surface area contributed by atoms with Crippen LogP contribution in [0.3, 0.4) is 0 Å². The fourth-order valence-corrected chi connectivity index (χ4v) is 2.56. The van der Waals surface area contributed by atoms with Gasteiger partial charge in [-0.1, -0.05) is 44.0 Å². The molecule has 0 fully saturated rings. The quantitative estimate of drug-likeness (QED) is 0.640. The lowest BCUT2D eigenvalue weighted by Gasteiger charge is -2.01. The molecule has 0 aliphatic rings. The van der Waals surface area contributed by atoms with Crippen LogP contribution >= 0.6 is 31.9 Å². The SMILES string of the molecule is Brc1ccc(C[n+]2ccccc2)c(Br)c1.[Br-]. The first kappa shape index (κ1) is 13.9. The molecule has 1 nitrogen and oxygen atoms in total. The molecule has 1 heterocycles. The van der Waals surface area contributed by atoms with E-state index < -0.39 is 0 Å². The van der Waals surface area contributed by atoms with Crippen molar-refractivity contribution < 1.29 is 21.5 Å². The maximum atomic E-state index is 3.56. The number of halogens is 3. The molecule has 0 saturated carbocycles. The van der Waals surface area contributed by atoms with Crippen molar-refractivity contribution >= 4 is 31.9 Å². The zero-order chi connectivity index (χ0) is 10.7. The molecular weight excluding hydrogens is 398 g/mol. The Kier molecular flexibility index (Phi) is 5.66. The smallest absolute Gasteiger partial charge is 0.174 e. The molecule has 0 radical (unpaired) electrons. The monoisotopic (exact) mass is 405 g/mol. The Balaban J connectivity index is 0.00000128. The Morgan fingerprint density at radius 3 is 2.31 bits per heavy atom. The summed E-state index contributed by atoms with van der Waals surface area (Å²) in [5.41, 5.74) is 1.27. The molecule has 84 valence electrons. The van der Waals surface area contributed by atoms with Gasteiger partial charge in [-0.25, -0.2) is 4.57 Å². The molecule has 0 aliphatic carbocycles. The summed E-state index contributed by atoms with van der Waals surface area (Å²) in [6.45, 7) is 0.884. The van der Waals surface area contributed by atoms with Gasteiger partial charge in [0, 0.05) is 26.6 Å². The second kappa shape index (κ2) is 6.52. The Morgan fingerprint density at radius 2 is 1.69 bits per heavy atom. The maximum Gasteiger partial charge on any atom is 0.174 e. The molecule has 2 aromatic rings. The predicted octanol–water partition coefficient (Wildman–Crippen LogP) is 0.551. The molecule has 0 spiro atoms. The van der Waals surface area contributed by atoms with E-state index in [1.165, 1.54) is 5.56 Å². The van der Waals surface area contributed by atoms with E-state index >= 15 is 0 Å². The van der Waals surface area contributed by atoms with E-state index in [-0.39, 0.29) is 17.0 Å². The van der Waals surface area contributed by atoms with Crippen LogP contribution in [0.15, 0.2) is 57.7 Å². The minimum atomic E-state index is 0. The molecule has 0 bridgehead atoms. The third-order valence-corrected chi connectivity index (χ3v) is 3.38. The van der Waals surface area contributed by atoms with Gasteiger partial charge in [0.1, 0.15) is 0 Å². The average molecular weight is 408 g/mol. The molecular formula is C12H10Br3N.